The molecule has 0 unspecified atom stereocenters. The van der Waals surface area contributed by atoms with Gasteiger partial charge >= 0.3 is 0 Å². The van der Waals surface area contributed by atoms with Crippen molar-refractivity contribution in [3.8, 4) is 0 Å². The van der Waals surface area contributed by atoms with Crippen LogP contribution in [0.4, 0.5) is 0 Å². The quantitative estimate of drug-likeness (QED) is 0.585. The summed E-state index contributed by atoms with van der Waals surface area (Å²) >= 11 is 0. The van der Waals surface area contributed by atoms with Gasteiger partial charge in [0.1, 0.15) is 5.76 Å². The molecule has 0 bridgehead atoms. The first kappa shape index (κ1) is 15.7. The molecule has 120 valence electrons. The zero-order valence-corrected chi connectivity index (χ0v) is 14.0. The third-order valence-electron chi connectivity index (χ3n) is 4.71. The molecule has 1 aliphatic carbocycles. The van der Waals surface area contributed by atoms with Gasteiger partial charge in [-0.1, -0.05) is 38.3 Å². The van der Waals surface area contributed by atoms with Crippen LogP contribution >= 0.6 is 0 Å². The minimum atomic E-state index is -0.438. The topological polar surface area (TPSA) is 43.4 Å². The SMILES string of the molecule is CCCCCCc1ccc2c3c1C(=O)C(=O)C(C)=C3OC=C2C. The third-order valence-corrected chi connectivity index (χ3v) is 4.71. The van der Waals surface area contributed by atoms with Gasteiger partial charge in [-0.2, -0.15) is 0 Å². The Morgan fingerprint density at radius 2 is 1.74 bits per heavy atom. The number of ketones is 2. The number of hydrogen-bond donors (Lipinski definition) is 0. The lowest BCUT2D eigenvalue weighted by Crippen LogP contribution is -2.26. The molecule has 0 N–H and O–H groups in total. The van der Waals surface area contributed by atoms with Crippen molar-refractivity contribution in [2.24, 2.45) is 0 Å². The Kier molecular flexibility index (Phi) is 4.20. The summed E-state index contributed by atoms with van der Waals surface area (Å²) in [6.07, 6.45) is 7.05. The molecule has 1 heterocycles. The lowest BCUT2D eigenvalue weighted by atomic mass is 9.80. The van der Waals surface area contributed by atoms with Gasteiger partial charge in [0.25, 0.3) is 0 Å². The van der Waals surface area contributed by atoms with Gasteiger partial charge in [0, 0.05) is 16.7 Å². The number of allylic oxidation sites excluding steroid dienone is 2. The van der Waals surface area contributed by atoms with Gasteiger partial charge in [-0.3, -0.25) is 9.59 Å². The minimum absolute atomic E-state index is 0.383. The van der Waals surface area contributed by atoms with Crippen LogP contribution in [0.2, 0.25) is 0 Å². The highest BCUT2D eigenvalue weighted by Gasteiger charge is 2.36. The van der Waals surface area contributed by atoms with Crippen LogP contribution in [0.25, 0.3) is 11.3 Å². The van der Waals surface area contributed by atoms with Crippen LogP contribution in [0.15, 0.2) is 24.0 Å². The minimum Gasteiger partial charge on any atom is -0.464 e. The van der Waals surface area contributed by atoms with Crippen LogP contribution in [0, 0.1) is 0 Å². The maximum absolute atomic E-state index is 12.6. The van der Waals surface area contributed by atoms with Crippen LogP contribution < -0.4 is 0 Å². The molecule has 1 aliphatic heterocycles. The van der Waals surface area contributed by atoms with E-state index < -0.39 is 5.78 Å². The van der Waals surface area contributed by atoms with Crippen LogP contribution in [0.3, 0.4) is 0 Å². The number of unbranched alkanes of at least 4 members (excludes halogenated alkanes) is 3. The first-order valence-electron chi connectivity index (χ1n) is 8.36. The van der Waals surface area contributed by atoms with Crippen LogP contribution in [0.5, 0.6) is 0 Å². The molecular weight excluding hydrogens is 288 g/mol. The zero-order valence-electron chi connectivity index (χ0n) is 14.0. The lowest BCUT2D eigenvalue weighted by molar-refractivity contribution is -0.111. The highest BCUT2D eigenvalue weighted by atomic mass is 16.5. The Morgan fingerprint density at radius 3 is 2.48 bits per heavy atom. The summed E-state index contributed by atoms with van der Waals surface area (Å²) in [5.41, 5.74) is 4.76. The number of benzene rings is 1. The Hall–Kier alpha value is -2.16. The van der Waals surface area contributed by atoms with Gasteiger partial charge in [0.2, 0.25) is 11.6 Å². The van der Waals surface area contributed by atoms with Gasteiger partial charge in [-0.25, -0.2) is 0 Å². The largest absolute Gasteiger partial charge is 0.464 e. The lowest BCUT2D eigenvalue weighted by Gasteiger charge is -2.27. The van der Waals surface area contributed by atoms with Crippen molar-refractivity contribution >= 4 is 22.9 Å². The number of rotatable bonds is 5. The Balaban J connectivity index is 2.10. The molecule has 1 aromatic carbocycles. The molecule has 0 fully saturated rings. The van der Waals surface area contributed by atoms with Crippen LogP contribution in [-0.4, -0.2) is 11.6 Å². The number of ether oxygens (including phenoxy) is 1. The highest BCUT2D eigenvalue weighted by molar-refractivity contribution is 6.52. The normalized spacial score (nSPS) is 16.2. The maximum Gasteiger partial charge on any atom is 0.234 e. The highest BCUT2D eigenvalue weighted by Crippen LogP contribution is 2.41. The fraction of sp³-hybridized carbons (Fsp3) is 0.400. The molecule has 1 aromatic rings. The Morgan fingerprint density at radius 1 is 0.957 bits per heavy atom. The van der Waals surface area contributed by atoms with E-state index in [0.717, 1.165) is 41.5 Å². The second-order valence-corrected chi connectivity index (χ2v) is 6.36. The summed E-state index contributed by atoms with van der Waals surface area (Å²) in [5.74, 6) is -0.264. The zero-order chi connectivity index (χ0) is 16.6. The van der Waals surface area contributed by atoms with Crippen molar-refractivity contribution in [2.45, 2.75) is 52.9 Å². The van der Waals surface area contributed by atoms with Gasteiger partial charge in [-0.05, 0) is 43.4 Å². The third kappa shape index (κ3) is 2.54. The monoisotopic (exact) mass is 310 g/mol. The predicted octanol–water partition coefficient (Wildman–Crippen LogP) is 4.70. The summed E-state index contributed by atoms with van der Waals surface area (Å²) in [7, 11) is 0. The Bertz CT molecular complexity index is 750. The molecule has 0 spiro atoms. The van der Waals surface area contributed by atoms with E-state index >= 15 is 0 Å². The summed E-state index contributed by atoms with van der Waals surface area (Å²) in [6.45, 7) is 5.81. The maximum atomic E-state index is 12.6. The molecule has 3 rings (SSSR count). The first-order chi connectivity index (χ1) is 11.1. The van der Waals surface area contributed by atoms with E-state index in [1.807, 2.05) is 13.0 Å². The molecule has 0 atom stereocenters. The van der Waals surface area contributed by atoms with Gasteiger partial charge in [0.05, 0.1) is 6.26 Å². The molecule has 0 radical (unpaired) electrons. The molecular formula is C20H22O3. The smallest absolute Gasteiger partial charge is 0.234 e. The number of hydrogen-bond acceptors (Lipinski definition) is 3. The van der Waals surface area contributed by atoms with Crippen molar-refractivity contribution in [1.29, 1.82) is 0 Å². The standard InChI is InChI=1S/C20H22O3/c1-4-5-6-7-8-14-9-10-15-12(2)11-23-20-13(3)18(21)19(22)16(14)17(15)20/h9-11H,4-8H2,1-3H3. The van der Waals surface area contributed by atoms with E-state index in [9.17, 15) is 9.59 Å². The fourth-order valence-electron chi connectivity index (χ4n) is 3.35. The number of aryl methyl sites for hydroxylation is 1. The van der Waals surface area contributed by atoms with Crippen molar-refractivity contribution in [3.05, 3.63) is 46.2 Å². The molecule has 0 amide bonds. The van der Waals surface area contributed by atoms with Crippen molar-refractivity contribution < 1.29 is 14.3 Å². The summed E-state index contributed by atoms with van der Waals surface area (Å²) < 4.78 is 5.67. The van der Waals surface area contributed by atoms with Crippen molar-refractivity contribution in [2.75, 3.05) is 0 Å². The average Bonchev–Trinajstić information content (AvgIpc) is 2.56. The summed E-state index contributed by atoms with van der Waals surface area (Å²) in [5, 5.41) is 0. The molecule has 0 saturated carbocycles. The van der Waals surface area contributed by atoms with E-state index in [0.29, 0.717) is 16.9 Å². The molecule has 0 saturated heterocycles. The average molecular weight is 310 g/mol. The van der Waals surface area contributed by atoms with Gasteiger partial charge in [0.15, 0.2) is 0 Å². The van der Waals surface area contributed by atoms with E-state index in [1.54, 1.807) is 13.2 Å². The number of carbonyl (C=O) groups is 2. The predicted molar refractivity (Wildman–Crippen MR) is 91.0 cm³/mol. The summed E-state index contributed by atoms with van der Waals surface area (Å²) in [4.78, 5) is 24.9. The van der Waals surface area contributed by atoms with Crippen LogP contribution in [0.1, 0.15) is 73.5 Å². The second kappa shape index (κ2) is 6.15. The number of Topliss-reactive ketones (excluding diaryl/α,β-unsaturated/α-hetero) is 2. The van der Waals surface area contributed by atoms with Gasteiger partial charge < -0.3 is 4.74 Å². The molecule has 0 aromatic heterocycles. The van der Waals surface area contributed by atoms with E-state index in [4.69, 9.17) is 4.74 Å². The molecule has 3 heteroatoms. The fourth-order valence-corrected chi connectivity index (χ4v) is 3.35. The van der Waals surface area contributed by atoms with Gasteiger partial charge in [-0.15, -0.1) is 0 Å². The summed E-state index contributed by atoms with van der Waals surface area (Å²) in [6, 6.07) is 4.06. The Labute approximate surface area is 137 Å². The van der Waals surface area contributed by atoms with E-state index in [-0.39, 0.29) is 5.78 Å². The van der Waals surface area contributed by atoms with Crippen LogP contribution in [-0.2, 0) is 16.0 Å². The van der Waals surface area contributed by atoms with E-state index in [2.05, 4.69) is 13.0 Å². The first-order valence-corrected chi connectivity index (χ1v) is 8.36. The molecule has 3 nitrogen and oxygen atoms in total. The number of carbonyl (C=O) groups excluding carboxylic acids is 2. The van der Waals surface area contributed by atoms with Crippen molar-refractivity contribution in [3.63, 3.8) is 0 Å². The van der Waals surface area contributed by atoms with E-state index in [1.165, 1.54) is 12.8 Å². The second-order valence-electron chi connectivity index (χ2n) is 6.36. The molecule has 23 heavy (non-hydrogen) atoms. The molecule has 2 aliphatic rings. The van der Waals surface area contributed by atoms with Crippen molar-refractivity contribution in [1.82, 2.24) is 0 Å².